The number of imide groups is 1. The lowest BCUT2D eigenvalue weighted by Gasteiger charge is -2.02. The molecule has 0 spiro atoms. The molecule has 1 rings (SSSR count). The molecular weight excluding hydrogens is 244 g/mol. The Morgan fingerprint density at radius 1 is 1.44 bits per heavy atom. The summed E-state index contributed by atoms with van der Waals surface area (Å²) in [5, 5.41) is 10.1. The van der Waals surface area contributed by atoms with Crippen LogP contribution in [-0.4, -0.2) is 42.0 Å². The highest BCUT2D eigenvalue weighted by molar-refractivity contribution is 5.99. The van der Waals surface area contributed by atoms with E-state index in [1.54, 1.807) is 6.92 Å². The first-order valence-corrected chi connectivity index (χ1v) is 4.95. The Kier molecular flexibility index (Phi) is 4.67. The fraction of sp³-hybridized carbons (Fsp3) is 0.333. The molecule has 1 aromatic heterocycles. The maximum absolute atomic E-state index is 11.3. The number of urea groups is 1. The van der Waals surface area contributed by atoms with Gasteiger partial charge in [0.2, 0.25) is 0 Å². The lowest BCUT2D eigenvalue weighted by Crippen LogP contribution is -2.34. The second-order valence-corrected chi connectivity index (χ2v) is 2.96. The second-order valence-electron chi connectivity index (χ2n) is 2.96. The first-order valence-electron chi connectivity index (χ1n) is 4.95. The van der Waals surface area contributed by atoms with E-state index in [0.29, 0.717) is 0 Å². The van der Waals surface area contributed by atoms with Crippen LogP contribution in [0, 0.1) is 0 Å². The minimum atomic E-state index is -0.905. The number of hydrogen-bond acceptors (Lipinski definition) is 6. The van der Waals surface area contributed by atoms with Crippen molar-refractivity contribution in [2.45, 2.75) is 6.92 Å². The van der Waals surface area contributed by atoms with Crippen LogP contribution in [0.4, 0.5) is 15.4 Å². The molecule has 3 N–H and O–H groups in total. The molecule has 0 fully saturated rings. The molecule has 3 amide bonds. The minimum absolute atomic E-state index is 0.0187. The highest BCUT2D eigenvalue weighted by Gasteiger charge is 2.13. The summed E-state index contributed by atoms with van der Waals surface area (Å²) in [6, 6.07) is 0.454. The molecule has 0 unspecified atom stereocenters. The van der Waals surface area contributed by atoms with Crippen molar-refractivity contribution in [3.8, 4) is 0 Å². The number of methoxy groups -OCH3 is 1. The first-order chi connectivity index (χ1) is 8.56. The predicted octanol–water partition coefficient (Wildman–Crippen LogP) is 0.474. The Balaban J connectivity index is 2.56. The van der Waals surface area contributed by atoms with Crippen molar-refractivity contribution in [1.82, 2.24) is 15.5 Å². The summed E-state index contributed by atoms with van der Waals surface area (Å²) in [4.78, 5) is 33.2. The molecule has 0 bridgehead atoms. The smallest absolute Gasteiger partial charge is 0.415 e. The van der Waals surface area contributed by atoms with Gasteiger partial charge in [0.05, 0.1) is 13.7 Å². The van der Waals surface area contributed by atoms with E-state index < -0.39 is 18.1 Å². The zero-order valence-electron chi connectivity index (χ0n) is 9.77. The number of ether oxygens (including phenoxy) is 2. The standard InChI is InChI=1S/C9H12N4O5/c1-3-18-7(14)5-4-6(13-12-5)10-8(15)11-9(16)17-2/h4H,3H2,1-2H3,(H3,10,11,12,13,15,16). The lowest BCUT2D eigenvalue weighted by molar-refractivity contribution is 0.0519. The number of hydrogen-bond donors (Lipinski definition) is 3. The molecule has 0 radical (unpaired) electrons. The number of carbonyl (C=O) groups excluding carboxylic acids is 3. The van der Waals surface area contributed by atoms with Crippen LogP contribution >= 0.6 is 0 Å². The third-order valence-corrected chi connectivity index (χ3v) is 1.71. The summed E-state index contributed by atoms with van der Waals surface area (Å²) in [7, 11) is 1.12. The molecule has 9 nitrogen and oxygen atoms in total. The van der Waals surface area contributed by atoms with Gasteiger partial charge >= 0.3 is 18.1 Å². The van der Waals surface area contributed by atoms with Gasteiger partial charge in [0, 0.05) is 6.07 Å². The average molecular weight is 256 g/mol. The third-order valence-electron chi connectivity index (χ3n) is 1.71. The minimum Gasteiger partial charge on any atom is -0.461 e. The Morgan fingerprint density at radius 2 is 2.17 bits per heavy atom. The number of alkyl carbamates (subject to hydrolysis) is 1. The normalized spacial score (nSPS) is 9.44. The number of nitrogens with one attached hydrogen (secondary N) is 3. The van der Waals surface area contributed by atoms with E-state index in [1.807, 2.05) is 5.32 Å². The Hall–Kier alpha value is -2.58. The number of esters is 1. The molecule has 1 heterocycles. The number of rotatable bonds is 3. The summed E-state index contributed by atoms with van der Waals surface area (Å²) in [5.41, 5.74) is 0.0187. The van der Waals surface area contributed by atoms with Crippen LogP contribution in [0.3, 0.4) is 0 Å². The maximum Gasteiger partial charge on any atom is 0.415 e. The maximum atomic E-state index is 11.3. The molecule has 0 saturated heterocycles. The number of anilines is 1. The van der Waals surface area contributed by atoms with Crippen molar-refractivity contribution in [2.75, 3.05) is 19.0 Å². The summed E-state index contributed by atoms with van der Waals surface area (Å²) >= 11 is 0. The quantitative estimate of drug-likeness (QED) is 0.676. The zero-order valence-corrected chi connectivity index (χ0v) is 9.77. The van der Waals surface area contributed by atoms with Gasteiger partial charge in [-0.25, -0.2) is 19.7 Å². The van der Waals surface area contributed by atoms with E-state index in [2.05, 4.69) is 20.3 Å². The van der Waals surface area contributed by atoms with Gasteiger partial charge in [-0.15, -0.1) is 0 Å². The number of aromatic amines is 1. The average Bonchev–Trinajstić information content (AvgIpc) is 2.77. The van der Waals surface area contributed by atoms with Crippen LogP contribution in [0.1, 0.15) is 17.4 Å². The van der Waals surface area contributed by atoms with Crippen molar-refractivity contribution in [1.29, 1.82) is 0 Å². The van der Waals surface area contributed by atoms with Crippen LogP contribution in [0.5, 0.6) is 0 Å². The van der Waals surface area contributed by atoms with Gasteiger partial charge < -0.3 is 9.47 Å². The third kappa shape index (κ3) is 3.77. The van der Waals surface area contributed by atoms with E-state index in [-0.39, 0.29) is 18.1 Å². The first kappa shape index (κ1) is 13.5. The van der Waals surface area contributed by atoms with Gasteiger partial charge in [-0.2, -0.15) is 5.10 Å². The van der Waals surface area contributed by atoms with Crippen LogP contribution in [0.2, 0.25) is 0 Å². The van der Waals surface area contributed by atoms with Gasteiger partial charge in [0.25, 0.3) is 0 Å². The molecule has 0 atom stereocenters. The zero-order chi connectivity index (χ0) is 13.5. The molecule has 0 saturated carbocycles. The second kappa shape index (κ2) is 6.23. The molecule has 1 aromatic rings. The lowest BCUT2D eigenvalue weighted by atomic mass is 10.4. The number of H-pyrrole nitrogens is 1. The van der Waals surface area contributed by atoms with Crippen molar-refractivity contribution in [3.05, 3.63) is 11.8 Å². The molecule has 0 aliphatic rings. The molecule has 0 aromatic carbocycles. The van der Waals surface area contributed by atoms with E-state index in [1.165, 1.54) is 6.07 Å². The highest BCUT2D eigenvalue weighted by Crippen LogP contribution is 2.06. The highest BCUT2D eigenvalue weighted by atomic mass is 16.5. The monoisotopic (exact) mass is 256 g/mol. The van der Waals surface area contributed by atoms with Gasteiger partial charge in [-0.1, -0.05) is 0 Å². The van der Waals surface area contributed by atoms with Crippen molar-refractivity contribution in [3.63, 3.8) is 0 Å². The Bertz CT molecular complexity index is 456. The Labute approximate surface area is 102 Å². The van der Waals surface area contributed by atoms with Gasteiger partial charge in [-0.05, 0) is 6.92 Å². The predicted molar refractivity (Wildman–Crippen MR) is 59.1 cm³/mol. The Morgan fingerprint density at radius 3 is 2.78 bits per heavy atom. The molecular formula is C9H12N4O5. The largest absolute Gasteiger partial charge is 0.461 e. The van der Waals surface area contributed by atoms with E-state index >= 15 is 0 Å². The summed E-state index contributed by atoms with van der Waals surface area (Å²) < 4.78 is 8.93. The van der Waals surface area contributed by atoms with E-state index in [4.69, 9.17) is 4.74 Å². The fourth-order valence-corrected chi connectivity index (χ4v) is 0.993. The number of aromatic nitrogens is 2. The molecule has 0 aliphatic heterocycles. The van der Waals surface area contributed by atoms with Crippen LogP contribution < -0.4 is 10.6 Å². The molecule has 18 heavy (non-hydrogen) atoms. The van der Waals surface area contributed by atoms with Gasteiger partial charge in [0.1, 0.15) is 5.82 Å². The van der Waals surface area contributed by atoms with Crippen molar-refractivity contribution >= 4 is 23.9 Å². The summed E-state index contributed by atoms with van der Waals surface area (Å²) in [6.45, 7) is 1.88. The number of amides is 3. The molecule has 98 valence electrons. The van der Waals surface area contributed by atoms with Gasteiger partial charge in [-0.3, -0.25) is 10.4 Å². The van der Waals surface area contributed by atoms with E-state index in [0.717, 1.165) is 7.11 Å². The van der Waals surface area contributed by atoms with Crippen LogP contribution in [0.15, 0.2) is 6.07 Å². The summed E-state index contributed by atoms with van der Waals surface area (Å²) in [6.07, 6.45) is -0.905. The van der Waals surface area contributed by atoms with Crippen molar-refractivity contribution in [2.24, 2.45) is 0 Å². The number of nitrogens with zero attached hydrogens (tertiary/aromatic N) is 1. The molecule has 9 heteroatoms. The summed E-state index contributed by atoms with van der Waals surface area (Å²) in [5.74, 6) is -0.477. The van der Waals surface area contributed by atoms with Crippen molar-refractivity contribution < 1.29 is 23.9 Å². The topological polar surface area (TPSA) is 122 Å². The van der Waals surface area contributed by atoms with Gasteiger partial charge in [0.15, 0.2) is 5.69 Å². The van der Waals surface area contributed by atoms with Crippen LogP contribution in [0.25, 0.3) is 0 Å². The van der Waals surface area contributed by atoms with E-state index in [9.17, 15) is 14.4 Å². The number of carbonyl (C=O) groups is 3. The fourth-order valence-electron chi connectivity index (χ4n) is 0.993. The van der Waals surface area contributed by atoms with Crippen LogP contribution in [-0.2, 0) is 9.47 Å². The molecule has 0 aliphatic carbocycles. The SMILES string of the molecule is CCOC(=O)c1cc(NC(=O)NC(=O)OC)[nH]n1.